The zero-order chi connectivity index (χ0) is 14.7. The number of likely N-dealkylation sites (N-methyl/N-ethyl adjacent to an activating group) is 1. The van der Waals surface area contributed by atoms with Crippen LogP contribution in [0.25, 0.3) is 0 Å². The molecule has 3 rings (SSSR count). The largest absolute Gasteiger partial charge is 0.508 e. The molecule has 2 unspecified atom stereocenters. The highest BCUT2D eigenvalue weighted by Gasteiger charge is 2.26. The lowest BCUT2D eigenvalue weighted by Crippen LogP contribution is -2.36. The minimum atomic E-state index is 0.353. The van der Waals surface area contributed by atoms with Crippen LogP contribution in [-0.4, -0.2) is 18.2 Å². The van der Waals surface area contributed by atoms with Crippen LogP contribution < -0.4 is 5.32 Å². The maximum absolute atomic E-state index is 9.65. The van der Waals surface area contributed by atoms with Crippen molar-refractivity contribution in [3.63, 3.8) is 0 Å². The van der Waals surface area contributed by atoms with Crippen LogP contribution in [0.2, 0.25) is 0 Å². The maximum Gasteiger partial charge on any atom is 0.115 e. The number of phenols is 1. The lowest BCUT2D eigenvalue weighted by atomic mass is 9.77. The SMILES string of the molecule is CNC(Cc1cccc(O)c1)C1CCCc2ccccc21. The number of nitrogens with one attached hydrogen (secondary N) is 1. The fraction of sp³-hybridized carbons (Fsp3) is 0.368. The number of aryl methyl sites for hydroxylation is 1. The Hall–Kier alpha value is -1.80. The summed E-state index contributed by atoms with van der Waals surface area (Å²) in [6.07, 6.45) is 4.65. The Balaban J connectivity index is 1.84. The van der Waals surface area contributed by atoms with Gasteiger partial charge in [0.25, 0.3) is 0 Å². The normalized spacial score (nSPS) is 19.0. The van der Waals surface area contributed by atoms with Crippen molar-refractivity contribution in [1.82, 2.24) is 5.32 Å². The summed E-state index contributed by atoms with van der Waals surface area (Å²) >= 11 is 0. The molecule has 2 nitrogen and oxygen atoms in total. The van der Waals surface area contributed by atoms with Crippen molar-refractivity contribution in [2.45, 2.75) is 37.6 Å². The van der Waals surface area contributed by atoms with Crippen molar-refractivity contribution in [3.05, 3.63) is 65.2 Å². The molecule has 0 aliphatic heterocycles. The second kappa shape index (κ2) is 6.31. The van der Waals surface area contributed by atoms with E-state index in [1.165, 1.54) is 36.0 Å². The van der Waals surface area contributed by atoms with Crippen LogP contribution in [0.15, 0.2) is 48.5 Å². The number of rotatable bonds is 4. The molecule has 0 heterocycles. The molecule has 2 aromatic carbocycles. The van der Waals surface area contributed by atoms with E-state index in [1.54, 1.807) is 6.07 Å². The lowest BCUT2D eigenvalue weighted by molar-refractivity contribution is 0.410. The number of fused-ring (bicyclic) bond motifs is 1. The van der Waals surface area contributed by atoms with Crippen LogP contribution in [0.4, 0.5) is 0 Å². The Bertz CT molecular complexity index is 608. The van der Waals surface area contributed by atoms with Crippen molar-refractivity contribution in [3.8, 4) is 5.75 Å². The zero-order valence-corrected chi connectivity index (χ0v) is 12.5. The Morgan fingerprint density at radius 1 is 1.19 bits per heavy atom. The number of benzene rings is 2. The molecule has 2 aromatic rings. The number of phenolic OH excluding ortho intramolecular Hbond substituents is 1. The van der Waals surface area contributed by atoms with Gasteiger partial charge in [-0.1, -0.05) is 36.4 Å². The van der Waals surface area contributed by atoms with Crippen LogP contribution in [-0.2, 0) is 12.8 Å². The van der Waals surface area contributed by atoms with E-state index >= 15 is 0 Å². The van der Waals surface area contributed by atoms with Crippen LogP contribution >= 0.6 is 0 Å². The first-order valence-corrected chi connectivity index (χ1v) is 7.81. The molecular weight excluding hydrogens is 258 g/mol. The van der Waals surface area contributed by atoms with Crippen LogP contribution in [0.3, 0.4) is 0 Å². The third-order valence-electron chi connectivity index (χ3n) is 4.64. The minimum Gasteiger partial charge on any atom is -0.508 e. The topological polar surface area (TPSA) is 32.3 Å². The second-order valence-corrected chi connectivity index (χ2v) is 5.97. The van der Waals surface area contributed by atoms with Gasteiger partial charge in [-0.2, -0.15) is 0 Å². The van der Waals surface area contributed by atoms with Gasteiger partial charge in [-0.25, -0.2) is 0 Å². The summed E-state index contributed by atoms with van der Waals surface area (Å²) in [7, 11) is 2.05. The third kappa shape index (κ3) is 3.11. The van der Waals surface area contributed by atoms with Crippen LogP contribution in [0.1, 0.15) is 35.4 Å². The first-order chi connectivity index (χ1) is 10.3. The van der Waals surface area contributed by atoms with E-state index in [1.807, 2.05) is 19.2 Å². The molecule has 0 fully saturated rings. The molecule has 0 aromatic heterocycles. The highest BCUT2D eigenvalue weighted by molar-refractivity contribution is 5.35. The van der Waals surface area contributed by atoms with Crippen molar-refractivity contribution in [2.24, 2.45) is 0 Å². The van der Waals surface area contributed by atoms with E-state index in [-0.39, 0.29) is 0 Å². The van der Waals surface area contributed by atoms with Gasteiger partial charge in [0.2, 0.25) is 0 Å². The van der Waals surface area contributed by atoms with Crippen molar-refractivity contribution in [2.75, 3.05) is 7.05 Å². The molecule has 21 heavy (non-hydrogen) atoms. The maximum atomic E-state index is 9.65. The molecule has 2 heteroatoms. The highest BCUT2D eigenvalue weighted by Crippen LogP contribution is 2.35. The lowest BCUT2D eigenvalue weighted by Gasteiger charge is -2.32. The highest BCUT2D eigenvalue weighted by atomic mass is 16.3. The van der Waals surface area contributed by atoms with E-state index in [9.17, 15) is 5.11 Å². The standard InChI is InChI=1S/C19H23NO/c1-20-19(13-14-6-4-9-16(21)12-14)18-11-5-8-15-7-2-3-10-17(15)18/h2-4,6-7,9-10,12,18-21H,5,8,11,13H2,1H3. The summed E-state index contributed by atoms with van der Waals surface area (Å²) in [6.45, 7) is 0. The fourth-order valence-corrected chi connectivity index (χ4v) is 3.59. The minimum absolute atomic E-state index is 0.353. The predicted molar refractivity (Wildman–Crippen MR) is 86.8 cm³/mol. The second-order valence-electron chi connectivity index (χ2n) is 5.97. The summed E-state index contributed by atoms with van der Waals surface area (Å²) in [6, 6.07) is 16.9. The van der Waals surface area contributed by atoms with E-state index in [0.29, 0.717) is 17.7 Å². The quantitative estimate of drug-likeness (QED) is 0.896. The van der Waals surface area contributed by atoms with E-state index in [2.05, 4.69) is 35.6 Å². The molecular formula is C19H23NO. The van der Waals surface area contributed by atoms with Gasteiger partial charge in [0, 0.05) is 6.04 Å². The Labute approximate surface area is 126 Å². The number of aromatic hydroxyl groups is 1. The summed E-state index contributed by atoms with van der Waals surface area (Å²) in [5.74, 6) is 0.911. The fourth-order valence-electron chi connectivity index (χ4n) is 3.59. The third-order valence-corrected chi connectivity index (χ3v) is 4.64. The van der Waals surface area contributed by atoms with Crippen LogP contribution in [0.5, 0.6) is 5.75 Å². The number of hydrogen-bond donors (Lipinski definition) is 2. The molecule has 1 aliphatic carbocycles. The first kappa shape index (κ1) is 14.2. The van der Waals surface area contributed by atoms with E-state index < -0.39 is 0 Å². The zero-order valence-electron chi connectivity index (χ0n) is 12.5. The van der Waals surface area contributed by atoms with Crippen molar-refractivity contribution >= 4 is 0 Å². The summed E-state index contributed by atoms with van der Waals surface area (Å²) < 4.78 is 0. The average Bonchev–Trinajstić information content (AvgIpc) is 2.52. The molecule has 0 spiro atoms. The van der Waals surface area contributed by atoms with Crippen molar-refractivity contribution < 1.29 is 5.11 Å². The molecule has 2 atom stereocenters. The Morgan fingerprint density at radius 2 is 2.05 bits per heavy atom. The Kier molecular flexibility index (Phi) is 4.26. The van der Waals surface area contributed by atoms with E-state index in [4.69, 9.17) is 0 Å². The van der Waals surface area contributed by atoms with Crippen LogP contribution in [0, 0.1) is 0 Å². The summed E-state index contributed by atoms with van der Waals surface area (Å²) in [4.78, 5) is 0. The monoisotopic (exact) mass is 281 g/mol. The van der Waals surface area contributed by atoms with Crippen molar-refractivity contribution in [1.29, 1.82) is 0 Å². The first-order valence-electron chi connectivity index (χ1n) is 7.81. The smallest absolute Gasteiger partial charge is 0.115 e. The summed E-state index contributed by atoms with van der Waals surface area (Å²) in [5, 5.41) is 13.1. The van der Waals surface area contributed by atoms with Gasteiger partial charge in [0.05, 0.1) is 0 Å². The molecule has 110 valence electrons. The molecule has 0 saturated heterocycles. The van der Waals surface area contributed by atoms with Gasteiger partial charge in [-0.05, 0) is 67.5 Å². The predicted octanol–water partition coefficient (Wildman–Crippen LogP) is 3.64. The molecule has 0 radical (unpaired) electrons. The van der Waals surface area contributed by atoms with Gasteiger partial charge < -0.3 is 10.4 Å². The van der Waals surface area contributed by atoms with E-state index in [0.717, 1.165) is 6.42 Å². The average molecular weight is 281 g/mol. The van der Waals surface area contributed by atoms with Gasteiger partial charge >= 0.3 is 0 Å². The number of hydrogen-bond acceptors (Lipinski definition) is 2. The molecule has 2 N–H and O–H groups in total. The van der Waals surface area contributed by atoms with Gasteiger partial charge in [-0.3, -0.25) is 0 Å². The molecule has 0 amide bonds. The summed E-state index contributed by atoms with van der Waals surface area (Å²) in [5.41, 5.74) is 4.20. The van der Waals surface area contributed by atoms with Gasteiger partial charge in [-0.15, -0.1) is 0 Å². The molecule has 1 aliphatic rings. The van der Waals surface area contributed by atoms with Gasteiger partial charge in [0.15, 0.2) is 0 Å². The molecule has 0 bridgehead atoms. The molecule has 0 saturated carbocycles. The Morgan fingerprint density at radius 3 is 2.86 bits per heavy atom. The van der Waals surface area contributed by atoms with Gasteiger partial charge in [0.1, 0.15) is 5.75 Å².